The number of carbonyl (C=O) groups is 1. The molecule has 0 saturated heterocycles. The monoisotopic (exact) mass is 2140 g/mol. The summed E-state index contributed by atoms with van der Waals surface area (Å²) in [4.78, 5) is 11.6. The summed E-state index contributed by atoms with van der Waals surface area (Å²) in [7, 11) is 0. The van der Waals surface area contributed by atoms with Crippen molar-refractivity contribution < 1.29 is 199 Å². The molecule has 21 unspecified atom stereocenters. The van der Waals surface area contributed by atoms with Crippen LogP contribution >= 0.6 is 0 Å². The molecule has 21 atom stereocenters. The van der Waals surface area contributed by atoms with E-state index >= 15 is 0 Å². The third kappa shape index (κ3) is 107. The summed E-state index contributed by atoms with van der Waals surface area (Å²) in [5.74, 6) is -0.283. The largest absolute Gasteiger partial charge is 0.463 e. The van der Waals surface area contributed by atoms with Gasteiger partial charge in [0.05, 0.1) is 518 Å². The lowest BCUT2D eigenvalue weighted by molar-refractivity contribution is -0.149. The molecular formula is C105H210O42. The van der Waals surface area contributed by atoms with Crippen LogP contribution in [0.25, 0.3) is 0 Å². The number of hydrogen-bond donors (Lipinski definition) is 1. The van der Waals surface area contributed by atoms with Crippen molar-refractivity contribution in [3.63, 3.8) is 0 Å². The second kappa shape index (κ2) is 108. The van der Waals surface area contributed by atoms with Gasteiger partial charge in [0.15, 0.2) is 0 Å². The molecule has 0 aromatic heterocycles. The van der Waals surface area contributed by atoms with Gasteiger partial charge in [-0.05, 0) is 145 Å². The third-order valence-corrected chi connectivity index (χ3v) is 20.7. The quantitative estimate of drug-likeness (QED) is 0.0438. The lowest BCUT2D eigenvalue weighted by atomic mass is 10.1. The Morgan fingerprint density at radius 3 is 0.388 bits per heavy atom. The zero-order chi connectivity index (χ0) is 108. The lowest BCUT2D eigenvalue weighted by Gasteiger charge is -2.24. The zero-order valence-electron chi connectivity index (χ0n) is 94.9. The molecule has 0 heterocycles. The average molecular weight is 2140 g/mol. The maximum Gasteiger partial charge on any atom is 0.308 e. The van der Waals surface area contributed by atoms with Crippen LogP contribution in [-0.2, 0) is 194 Å². The summed E-state index contributed by atoms with van der Waals surface area (Å²) in [6, 6.07) is 0. The minimum atomic E-state index is -0.193. The van der Waals surface area contributed by atoms with Crippen LogP contribution in [0, 0.1) is 5.92 Å². The van der Waals surface area contributed by atoms with E-state index in [1.807, 2.05) is 152 Å². The highest BCUT2D eigenvalue weighted by Crippen LogP contribution is 2.13. The van der Waals surface area contributed by atoms with Gasteiger partial charge in [0.25, 0.3) is 0 Å². The predicted octanol–water partition coefficient (Wildman–Crippen LogP) is 8.99. The smallest absolute Gasteiger partial charge is 0.308 e. The van der Waals surface area contributed by atoms with Crippen molar-refractivity contribution in [1.82, 2.24) is 0 Å². The molecule has 1 N–H and O–H groups in total. The van der Waals surface area contributed by atoms with Gasteiger partial charge < -0.3 is 195 Å². The maximum absolute atomic E-state index is 11.6. The van der Waals surface area contributed by atoms with Crippen LogP contribution in [0.5, 0.6) is 0 Å². The van der Waals surface area contributed by atoms with Crippen molar-refractivity contribution in [2.45, 2.75) is 281 Å². The molecule has 0 fully saturated rings. The Morgan fingerprint density at radius 2 is 0.252 bits per heavy atom. The van der Waals surface area contributed by atoms with Crippen molar-refractivity contribution >= 4 is 5.97 Å². The molecule has 0 saturated carbocycles. The molecule has 0 aliphatic carbocycles. The molecule has 0 amide bonds. The van der Waals surface area contributed by atoms with Gasteiger partial charge in [0, 0.05) is 0 Å². The van der Waals surface area contributed by atoms with Gasteiger partial charge >= 0.3 is 5.97 Å². The first-order valence-corrected chi connectivity index (χ1v) is 54.2. The van der Waals surface area contributed by atoms with Gasteiger partial charge in [-0.15, -0.1) is 0 Å². The van der Waals surface area contributed by atoms with Crippen LogP contribution in [0.2, 0.25) is 0 Å². The fourth-order valence-corrected chi connectivity index (χ4v) is 11.6. The third-order valence-electron chi connectivity index (χ3n) is 20.7. The number of carbonyl (C=O) groups excluding carboxylic acids is 1. The van der Waals surface area contributed by atoms with Crippen molar-refractivity contribution in [2.75, 3.05) is 396 Å². The summed E-state index contributed by atoms with van der Waals surface area (Å²) in [6.07, 6.45) is -1.87. The SMILES string of the molecule is CCC(C)C(=O)OCCOCCOCCOCCOCCOCCOCCOCCOCCOCCOC(C)COC(C)COC(C)COC(C)COC(C)COC(C)COC(C)COC(C)COC(C)COC(C)COC(C)COC(C)COC(C)COC(C)COC(C)COC(C)COC(C)COC(C)COC(C)COC(C)COCCOCCOCCOCCOCCOCCOCCOCCOCCOCCO. The first-order valence-electron chi connectivity index (χ1n) is 54.2. The van der Waals surface area contributed by atoms with E-state index in [1.54, 1.807) is 0 Å². The molecule has 0 aliphatic rings. The van der Waals surface area contributed by atoms with Crippen molar-refractivity contribution in [3.05, 3.63) is 0 Å². The van der Waals surface area contributed by atoms with Crippen LogP contribution in [0.3, 0.4) is 0 Å². The van der Waals surface area contributed by atoms with Crippen molar-refractivity contribution in [3.8, 4) is 0 Å². The lowest BCUT2D eigenvalue weighted by Crippen LogP contribution is -2.31. The predicted molar refractivity (Wildman–Crippen MR) is 551 cm³/mol. The molecule has 882 valence electrons. The minimum absolute atomic E-state index is 0.0123. The summed E-state index contributed by atoms with van der Waals surface area (Å²) < 4.78 is 230. The molecule has 42 nitrogen and oxygen atoms in total. The Kier molecular flexibility index (Phi) is 106. The van der Waals surface area contributed by atoms with Crippen LogP contribution in [-0.4, -0.2) is 530 Å². The number of aliphatic hydroxyl groups excluding tert-OH is 1. The average Bonchev–Trinajstić information content (AvgIpc) is 0.964. The summed E-state index contributed by atoms with van der Waals surface area (Å²) >= 11 is 0. The molecule has 0 bridgehead atoms. The normalized spacial score (nSPS) is 16.5. The molecule has 0 aromatic carbocycles. The second-order valence-corrected chi connectivity index (χ2v) is 36.7. The molecule has 0 rings (SSSR count). The van der Waals surface area contributed by atoms with Crippen LogP contribution in [0.4, 0.5) is 0 Å². The summed E-state index contributed by atoms with van der Waals surface area (Å²) in [5.41, 5.74) is 0. The number of ether oxygens (including phenoxy) is 40. The Morgan fingerprint density at radius 1 is 0.143 bits per heavy atom. The fraction of sp³-hybridized carbons (Fsp3) is 0.990. The number of aliphatic hydroxyl groups is 1. The van der Waals surface area contributed by atoms with E-state index in [-0.39, 0.29) is 147 Å². The molecule has 0 aliphatic heterocycles. The Labute approximate surface area is 884 Å². The number of rotatable bonds is 121. The highest BCUT2D eigenvalue weighted by atomic mass is 16.7. The van der Waals surface area contributed by atoms with E-state index in [0.29, 0.717) is 383 Å². The Bertz CT molecular complexity index is 2580. The van der Waals surface area contributed by atoms with Gasteiger partial charge in [0.2, 0.25) is 0 Å². The first kappa shape index (κ1) is 145. The number of esters is 1. The highest BCUT2D eigenvalue weighted by Gasteiger charge is 2.22. The highest BCUT2D eigenvalue weighted by molar-refractivity contribution is 5.71. The molecule has 0 aromatic rings. The van der Waals surface area contributed by atoms with Gasteiger partial charge in [-0.25, -0.2) is 0 Å². The first-order chi connectivity index (χ1) is 71.1. The zero-order valence-corrected chi connectivity index (χ0v) is 94.9. The van der Waals surface area contributed by atoms with Gasteiger partial charge in [-0.3, -0.25) is 4.79 Å². The minimum Gasteiger partial charge on any atom is -0.463 e. The fourth-order valence-electron chi connectivity index (χ4n) is 11.6. The van der Waals surface area contributed by atoms with E-state index < -0.39 is 0 Å². The van der Waals surface area contributed by atoms with E-state index in [9.17, 15) is 4.79 Å². The summed E-state index contributed by atoms with van der Waals surface area (Å²) in [5, 5.41) is 8.66. The molecule has 0 radical (unpaired) electrons. The topological polar surface area (TPSA) is 407 Å². The molecular weight excluding hydrogens is 1930 g/mol. The van der Waals surface area contributed by atoms with Gasteiger partial charge in [-0.1, -0.05) is 13.8 Å². The molecule has 42 heteroatoms. The Balaban J connectivity index is 3.83. The number of hydrogen-bond acceptors (Lipinski definition) is 42. The molecule has 0 spiro atoms. The molecule has 147 heavy (non-hydrogen) atoms. The second-order valence-electron chi connectivity index (χ2n) is 36.7. The van der Waals surface area contributed by atoms with E-state index in [2.05, 4.69) is 0 Å². The van der Waals surface area contributed by atoms with Crippen molar-refractivity contribution in [1.29, 1.82) is 0 Å². The summed E-state index contributed by atoms with van der Waals surface area (Å²) in [6.45, 7) is 69.6. The van der Waals surface area contributed by atoms with Crippen LogP contribution < -0.4 is 0 Å². The van der Waals surface area contributed by atoms with Crippen LogP contribution in [0.1, 0.15) is 159 Å². The standard InChI is InChI=1S/C105H210O42/c1-23-84(2)105(107)128-63-61-125-57-55-122-51-49-119-45-43-116-39-37-113-36-38-115-42-44-118-48-50-121-54-56-124-60-62-127-86(4)65-130-88(6)67-132-90(8)69-134-92(10)71-136-94(12)73-138-96(14)75-140-98(16)77-142-100(18)79-144-102(20)81-146-104(22)83-147-103(21)82-145-101(19)80-143-99(17)78-141-97(15)76-139-95(13)74-137-93(11)72-135-91(9)70-133-89(7)68-131-87(5)66-129-85(3)64-126-59-58-123-53-52-120-47-46-117-41-40-114-35-34-112-33-32-111-31-30-110-29-28-109-27-26-108-25-24-106/h84-104,106H,23-83H2,1-22H3. The van der Waals surface area contributed by atoms with Gasteiger partial charge in [-0.2, -0.15) is 0 Å². The van der Waals surface area contributed by atoms with E-state index in [0.717, 1.165) is 6.42 Å². The maximum atomic E-state index is 11.6. The van der Waals surface area contributed by atoms with Crippen molar-refractivity contribution in [2.24, 2.45) is 5.92 Å². The van der Waals surface area contributed by atoms with E-state index in [1.165, 1.54) is 0 Å². The Hall–Kier alpha value is -2.13. The van der Waals surface area contributed by atoms with Crippen LogP contribution in [0.15, 0.2) is 0 Å². The van der Waals surface area contributed by atoms with E-state index in [4.69, 9.17) is 195 Å². The van der Waals surface area contributed by atoms with Gasteiger partial charge in [0.1, 0.15) is 6.61 Å².